The third-order valence-corrected chi connectivity index (χ3v) is 4.48. The number of benzene rings is 1. The van der Waals surface area contributed by atoms with Crippen molar-refractivity contribution in [3.63, 3.8) is 0 Å². The molecule has 2 aromatic rings. The summed E-state index contributed by atoms with van der Waals surface area (Å²) < 4.78 is 8.38. The summed E-state index contributed by atoms with van der Waals surface area (Å²) in [5.41, 5.74) is 0.958. The van der Waals surface area contributed by atoms with Gasteiger partial charge in [-0.25, -0.2) is 14.3 Å². The van der Waals surface area contributed by atoms with Gasteiger partial charge in [0.2, 0.25) is 0 Å². The van der Waals surface area contributed by atoms with Crippen LogP contribution in [0.5, 0.6) is 5.75 Å². The smallest absolute Gasteiger partial charge is 0.345 e. The first-order valence-corrected chi connectivity index (χ1v) is 8.98. The van der Waals surface area contributed by atoms with E-state index in [-0.39, 0.29) is 11.7 Å². The van der Waals surface area contributed by atoms with Crippen LogP contribution in [-0.2, 0) is 26.1 Å². The minimum Gasteiger partial charge on any atom is -0.497 e. The van der Waals surface area contributed by atoms with Crippen molar-refractivity contribution in [3.05, 3.63) is 46.1 Å². The van der Waals surface area contributed by atoms with Gasteiger partial charge in [-0.3, -0.25) is 4.57 Å². The minimum absolute atomic E-state index is 0.0383. The number of ether oxygens (including phenoxy) is 1. The van der Waals surface area contributed by atoms with Gasteiger partial charge >= 0.3 is 11.7 Å². The van der Waals surface area contributed by atoms with E-state index in [4.69, 9.17) is 4.74 Å². The summed E-state index contributed by atoms with van der Waals surface area (Å²) >= 11 is 0. The van der Waals surface area contributed by atoms with Crippen molar-refractivity contribution in [1.29, 1.82) is 0 Å². The fraction of sp³-hybridized carbons (Fsp3) is 0.500. The Morgan fingerprint density at radius 1 is 1.23 bits per heavy atom. The molecule has 0 aliphatic carbocycles. The Labute approximate surface area is 152 Å². The molecule has 8 nitrogen and oxygen atoms in total. The molecule has 0 saturated carbocycles. The predicted octanol–water partition coefficient (Wildman–Crippen LogP) is 1.28. The molecule has 1 aromatic heterocycles. The molecule has 0 bridgehead atoms. The topological polar surface area (TPSA) is 90.2 Å². The van der Waals surface area contributed by atoms with E-state index in [0.717, 1.165) is 42.9 Å². The number of amides is 2. The van der Waals surface area contributed by atoms with Crippen molar-refractivity contribution in [2.24, 2.45) is 0 Å². The van der Waals surface area contributed by atoms with Crippen molar-refractivity contribution in [2.75, 3.05) is 13.7 Å². The number of aryl methyl sites for hydroxylation is 2. The Morgan fingerprint density at radius 3 is 2.77 bits per heavy atom. The lowest BCUT2D eigenvalue weighted by atomic mass is 10.2. The molecule has 0 radical (unpaired) electrons. The summed E-state index contributed by atoms with van der Waals surface area (Å²) in [5, 5.41) is 9.99. The van der Waals surface area contributed by atoms with Gasteiger partial charge in [0, 0.05) is 32.6 Å². The van der Waals surface area contributed by atoms with Crippen LogP contribution in [0, 0.1) is 0 Å². The molecule has 8 heteroatoms. The maximum atomic E-state index is 12.2. The first-order chi connectivity index (χ1) is 12.7. The summed E-state index contributed by atoms with van der Waals surface area (Å²) in [5.74, 6) is 1.67. The number of carbonyl (C=O) groups excluding carboxylic acids is 1. The summed E-state index contributed by atoms with van der Waals surface area (Å²) in [6.07, 6.45) is 3.65. The normalized spacial score (nSPS) is 13.1. The molecule has 1 aromatic carbocycles. The zero-order chi connectivity index (χ0) is 18.4. The van der Waals surface area contributed by atoms with Gasteiger partial charge < -0.3 is 15.4 Å². The Kier molecular flexibility index (Phi) is 5.93. The zero-order valence-corrected chi connectivity index (χ0v) is 15.0. The van der Waals surface area contributed by atoms with Gasteiger partial charge in [0.25, 0.3) is 0 Å². The van der Waals surface area contributed by atoms with E-state index in [2.05, 4.69) is 15.7 Å². The fourth-order valence-corrected chi connectivity index (χ4v) is 3.01. The Hall–Kier alpha value is -2.77. The number of methoxy groups -OCH3 is 1. The molecule has 140 valence electrons. The monoisotopic (exact) mass is 359 g/mol. The van der Waals surface area contributed by atoms with E-state index in [0.29, 0.717) is 26.1 Å². The summed E-state index contributed by atoms with van der Waals surface area (Å²) in [4.78, 5) is 24.0. The Bertz CT molecular complexity index is 794. The number of aromatic nitrogens is 3. The molecular weight excluding hydrogens is 334 g/mol. The summed E-state index contributed by atoms with van der Waals surface area (Å²) in [7, 11) is 1.62. The molecule has 1 aliphatic heterocycles. The van der Waals surface area contributed by atoms with Gasteiger partial charge in [0.15, 0.2) is 0 Å². The van der Waals surface area contributed by atoms with Gasteiger partial charge in [0.05, 0.1) is 7.11 Å². The van der Waals surface area contributed by atoms with Crippen molar-refractivity contribution in [1.82, 2.24) is 25.0 Å². The number of carbonyl (C=O) groups is 1. The van der Waals surface area contributed by atoms with E-state index in [9.17, 15) is 9.59 Å². The van der Waals surface area contributed by atoms with Gasteiger partial charge in [0.1, 0.15) is 11.6 Å². The van der Waals surface area contributed by atoms with Gasteiger partial charge in [-0.05, 0) is 37.0 Å². The third kappa shape index (κ3) is 4.44. The number of hydrogen-bond acceptors (Lipinski definition) is 4. The summed E-state index contributed by atoms with van der Waals surface area (Å²) in [6, 6.07) is 7.31. The van der Waals surface area contributed by atoms with Crippen LogP contribution in [0.4, 0.5) is 4.79 Å². The Balaban J connectivity index is 1.37. The minimum atomic E-state index is -0.225. The van der Waals surface area contributed by atoms with Gasteiger partial charge in [-0.15, -0.1) is 0 Å². The SMILES string of the molecule is COc1ccc(CNC(=O)NCCCn2nc3n(c2=O)CCCC3)cc1. The lowest BCUT2D eigenvalue weighted by Gasteiger charge is -2.09. The number of urea groups is 1. The second-order valence-electron chi connectivity index (χ2n) is 6.34. The lowest BCUT2D eigenvalue weighted by molar-refractivity contribution is 0.240. The predicted molar refractivity (Wildman–Crippen MR) is 97.3 cm³/mol. The maximum absolute atomic E-state index is 12.2. The van der Waals surface area contributed by atoms with Crippen LogP contribution >= 0.6 is 0 Å². The largest absolute Gasteiger partial charge is 0.497 e. The highest BCUT2D eigenvalue weighted by atomic mass is 16.5. The van der Waals surface area contributed by atoms with Crippen LogP contribution in [0.15, 0.2) is 29.1 Å². The molecular formula is C18H25N5O3. The average molecular weight is 359 g/mol. The van der Waals surface area contributed by atoms with Crippen LogP contribution in [0.3, 0.4) is 0 Å². The number of fused-ring (bicyclic) bond motifs is 1. The zero-order valence-electron chi connectivity index (χ0n) is 15.0. The number of nitrogens with one attached hydrogen (secondary N) is 2. The van der Waals surface area contributed by atoms with Crippen LogP contribution in [-0.4, -0.2) is 34.0 Å². The van der Waals surface area contributed by atoms with Gasteiger partial charge in [-0.2, -0.15) is 5.10 Å². The molecule has 26 heavy (non-hydrogen) atoms. The fourth-order valence-electron chi connectivity index (χ4n) is 3.01. The van der Waals surface area contributed by atoms with Crippen LogP contribution in [0.25, 0.3) is 0 Å². The van der Waals surface area contributed by atoms with E-state index < -0.39 is 0 Å². The quantitative estimate of drug-likeness (QED) is 0.729. The molecule has 0 spiro atoms. The molecule has 0 unspecified atom stereocenters. The first-order valence-electron chi connectivity index (χ1n) is 8.98. The number of nitrogens with zero attached hydrogens (tertiary/aromatic N) is 3. The first kappa shape index (κ1) is 18.0. The van der Waals surface area contributed by atoms with Crippen LogP contribution < -0.4 is 21.1 Å². The highest BCUT2D eigenvalue weighted by molar-refractivity contribution is 5.73. The lowest BCUT2D eigenvalue weighted by Crippen LogP contribution is -2.36. The van der Waals surface area contributed by atoms with Crippen molar-refractivity contribution in [2.45, 2.75) is 45.3 Å². The molecule has 0 saturated heterocycles. The molecule has 0 atom stereocenters. The number of hydrogen-bond donors (Lipinski definition) is 2. The highest BCUT2D eigenvalue weighted by Crippen LogP contribution is 2.11. The van der Waals surface area contributed by atoms with Crippen LogP contribution in [0.1, 0.15) is 30.7 Å². The molecule has 2 amide bonds. The number of rotatable bonds is 7. The second kappa shape index (κ2) is 8.55. The maximum Gasteiger partial charge on any atom is 0.345 e. The highest BCUT2D eigenvalue weighted by Gasteiger charge is 2.16. The second-order valence-corrected chi connectivity index (χ2v) is 6.34. The van der Waals surface area contributed by atoms with Crippen molar-refractivity contribution >= 4 is 6.03 Å². The van der Waals surface area contributed by atoms with Gasteiger partial charge in [-0.1, -0.05) is 12.1 Å². The third-order valence-electron chi connectivity index (χ3n) is 4.48. The van der Waals surface area contributed by atoms with Crippen LogP contribution in [0.2, 0.25) is 0 Å². The summed E-state index contributed by atoms with van der Waals surface area (Å²) in [6.45, 7) is 2.21. The van der Waals surface area contributed by atoms with Crippen molar-refractivity contribution < 1.29 is 9.53 Å². The molecule has 2 heterocycles. The standard InChI is InChI=1S/C18H25N5O3/c1-26-15-8-6-14(7-9-15)13-20-17(24)19-10-4-12-23-18(25)22-11-3-2-5-16(22)21-23/h6-9H,2-5,10-13H2,1H3,(H2,19,20,24). The van der Waals surface area contributed by atoms with Crippen molar-refractivity contribution in [3.8, 4) is 5.75 Å². The van der Waals surface area contributed by atoms with E-state index in [1.807, 2.05) is 24.3 Å². The molecule has 0 fully saturated rings. The van der Waals surface area contributed by atoms with E-state index in [1.165, 1.54) is 4.68 Å². The molecule has 1 aliphatic rings. The molecule has 2 N–H and O–H groups in total. The Morgan fingerprint density at radius 2 is 2.04 bits per heavy atom. The van der Waals surface area contributed by atoms with E-state index in [1.54, 1.807) is 11.7 Å². The van der Waals surface area contributed by atoms with E-state index >= 15 is 0 Å². The molecule has 3 rings (SSSR count). The average Bonchev–Trinajstić information content (AvgIpc) is 3.00.